The number of nitrogens with one attached hydrogen (secondary N) is 2. The highest BCUT2D eigenvalue weighted by Gasteiger charge is 2.23. The molecule has 3 rings (SSSR count). The third kappa shape index (κ3) is 5.00. The molecule has 0 bridgehead atoms. The zero-order valence-corrected chi connectivity index (χ0v) is 18.4. The van der Waals surface area contributed by atoms with E-state index < -0.39 is 11.7 Å². The molecule has 0 aliphatic heterocycles. The molecule has 3 heterocycles. The van der Waals surface area contributed by atoms with Crippen molar-refractivity contribution < 1.29 is 10.2 Å². The summed E-state index contributed by atoms with van der Waals surface area (Å²) in [7, 11) is 0. The van der Waals surface area contributed by atoms with Crippen molar-refractivity contribution in [3.05, 3.63) is 42.7 Å². The van der Waals surface area contributed by atoms with Crippen molar-refractivity contribution in [2.45, 2.75) is 58.3 Å². The molecular weight excluding hydrogens is 394 g/mol. The summed E-state index contributed by atoms with van der Waals surface area (Å²) in [6.45, 7) is 7.52. The van der Waals surface area contributed by atoms with E-state index in [0.717, 1.165) is 29.6 Å². The number of allylic oxidation sites excluding steroid dienone is 1. The topological polar surface area (TPSA) is 124 Å². The zero-order valence-electron chi connectivity index (χ0n) is 18.4. The van der Waals surface area contributed by atoms with Gasteiger partial charge in [-0.15, -0.1) is 0 Å². The first-order valence-corrected chi connectivity index (χ1v) is 10.5. The van der Waals surface area contributed by atoms with Gasteiger partial charge < -0.3 is 20.9 Å². The van der Waals surface area contributed by atoms with Crippen molar-refractivity contribution >= 4 is 17.3 Å². The Hall–Kier alpha value is -3.04. The molecule has 0 aromatic carbocycles. The fraction of sp³-hybridized carbons (Fsp3) is 0.455. The van der Waals surface area contributed by atoms with Crippen LogP contribution < -0.4 is 5.32 Å². The molecule has 0 aliphatic carbocycles. The van der Waals surface area contributed by atoms with Crippen molar-refractivity contribution in [3.63, 3.8) is 0 Å². The van der Waals surface area contributed by atoms with E-state index in [1.54, 1.807) is 37.0 Å². The van der Waals surface area contributed by atoms with E-state index in [-0.39, 0.29) is 6.54 Å². The molecule has 4 N–H and O–H groups in total. The van der Waals surface area contributed by atoms with Gasteiger partial charge in [-0.25, -0.2) is 9.50 Å². The van der Waals surface area contributed by atoms with Crippen LogP contribution in [0.3, 0.4) is 0 Å². The van der Waals surface area contributed by atoms with E-state index >= 15 is 0 Å². The van der Waals surface area contributed by atoms with Crippen molar-refractivity contribution in [1.82, 2.24) is 29.7 Å². The minimum Gasteiger partial charge on any atom is -0.388 e. The number of aliphatic hydroxyl groups excluding tert-OH is 1. The maximum absolute atomic E-state index is 10.00. The Balaban J connectivity index is 1.96. The summed E-state index contributed by atoms with van der Waals surface area (Å²) in [6, 6.07) is 2.23. The van der Waals surface area contributed by atoms with Crippen LogP contribution in [-0.2, 0) is 0 Å². The first-order chi connectivity index (χ1) is 14.8. The summed E-state index contributed by atoms with van der Waals surface area (Å²) < 4.78 is 3.71. The van der Waals surface area contributed by atoms with Gasteiger partial charge >= 0.3 is 0 Å². The van der Waals surface area contributed by atoms with Crippen molar-refractivity contribution in [3.8, 4) is 11.3 Å². The second-order valence-corrected chi connectivity index (χ2v) is 8.14. The van der Waals surface area contributed by atoms with Crippen LogP contribution in [0.1, 0.15) is 52.3 Å². The van der Waals surface area contributed by atoms with E-state index in [4.69, 9.17) is 10.4 Å². The van der Waals surface area contributed by atoms with Gasteiger partial charge in [0.2, 0.25) is 0 Å². The number of aromatic nitrogens is 5. The smallest absolute Gasteiger partial charge is 0.0999 e. The highest BCUT2D eigenvalue weighted by atomic mass is 16.3. The van der Waals surface area contributed by atoms with Gasteiger partial charge in [0.15, 0.2) is 0 Å². The number of hydrogen-bond donors (Lipinski definition) is 4. The molecule has 166 valence electrons. The predicted molar refractivity (Wildman–Crippen MR) is 121 cm³/mol. The monoisotopic (exact) mass is 425 g/mol. The van der Waals surface area contributed by atoms with Gasteiger partial charge in [-0.2, -0.15) is 10.2 Å². The summed E-state index contributed by atoms with van der Waals surface area (Å²) in [6.07, 6.45) is 11.1. The van der Waals surface area contributed by atoms with Gasteiger partial charge in [-0.3, -0.25) is 4.68 Å². The number of hydrogen-bond acceptors (Lipinski definition) is 7. The van der Waals surface area contributed by atoms with Crippen LogP contribution in [0, 0.1) is 5.41 Å². The number of rotatable bonds is 10. The van der Waals surface area contributed by atoms with Crippen molar-refractivity contribution in [2.75, 3.05) is 6.54 Å². The molecule has 3 aromatic heterocycles. The molecule has 3 aromatic rings. The maximum Gasteiger partial charge on any atom is 0.0999 e. The van der Waals surface area contributed by atoms with Gasteiger partial charge in [0.1, 0.15) is 0 Å². The SMILES string of the molecule is CCC(CC)n1cc(-c2nc(/C(C=N)=C/NCC(O)C(C)(C)O)cn3nccc23)cn1. The van der Waals surface area contributed by atoms with E-state index in [2.05, 4.69) is 29.4 Å². The van der Waals surface area contributed by atoms with Gasteiger partial charge in [0, 0.05) is 36.3 Å². The number of aliphatic hydroxyl groups is 2. The largest absolute Gasteiger partial charge is 0.388 e. The molecular formula is C22H31N7O2. The van der Waals surface area contributed by atoms with Crippen LogP contribution in [0.15, 0.2) is 37.1 Å². The molecule has 0 amide bonds. The lowest BCUT2D eigenvalue weighted by molar-refractivity contribution is -0.0448. The van der Waals surface area contributed by atoms with Gasteiger partial charge in [-0.05, 0) is 32.8 Å². The normalized spacial score (nSPS) is 13.7. The van der Waals surface area contributed by atoms with E-state index in [1.807, 2.05) is 23.1 Å². The molecule has 0 fully saturated rings. The van der Waals surface area contributed by atoms with E-state index in [0.29, 0.717) is 17.3 Å². The Morgan fingerprint density at radius 2 is 2.00 bits per heavy atom. The highest BCUT2D eigenvalue weighted by Crippen LogP contribution is 2.26. The lowest BCUT2D eigenvalue weighted by Gasteiger charge is -2.24. The van der Waals surface area contributed by atoms with Crippen LogP contribution in [0.4, 0.5) is 0 Å². The Morgan fingerprint density at radius 1 is 1.26 bits per heavy atom. The first kappa shape index (κ1) is 22.6. The van der Waals surface area contributed by atoms with Crippen LogP contribution in [0.2, 0.25) is 0 Å². The Morgan fingerprint density at radius 3 is 2.65 bits per heavy atom. The minimum absolute atomic E-state index is 0.139. The molecule has 31 heavy (non-hydrogen) atoms. The average Bonchev–Trinajstić information content (AvgIpc) is 3.40. The Kier molecular flexibility index (Phi) is 6.87. The molecule has 9 nitrogen and oxygen atoms in total. The molecule has 9 heteroatoms. The van der Waals surface area contributed by atoms with Crippen molar-refractivity contribution in [1.29, 1.82) is 5.41 Å². The third-order valence-electron chi connectivity index (χ3n) is 5.42. The van der Waals surface area contributed by atoms with Crippen LogP contribution in [0.25, 0.3) is 22.3 Å². The van der Waals surface area contributed by atoms with Gasteiger partial charge in [0.05, 0.1) is 53.2 Å². The molecule has 0 spiro atoms. The second-order valence-electron chi connectivity index (χ2n) is 8.14. The lowest BCUT2D eigenvalue weighted by atomic mass is 10.0. The quantitative estimate of drug-likeness (QED) is 0.370. The number of nitrogens with zero attached hydrogens (tertiary/aromatic N) is 5. The highest BCUT2D eigenvalue weighted by molar-refractivity contribution is 6.07. The standard InChI is InChI=1S/C22H31N7O2/c1-5-17(6-2)28-13-16(11-26-28)21-19-7-8-25-29(19)14-18(27-21)15(9-23)10-24-12-20(30)22(3,4)31/h7-11,13-14,17,20,23-24,30-31H,5-6,12H2,1-4H3/b15-10+,23-9?. The lowest BCUT2D eigenvalue weighted by Crippen LogP contribution is -2.42. The minimum atomic E-state index is -1.22. The molecule has 0 aliphatic rings. The van der Waals surface area contributed by atoms with E-state index in [9.17, 15) is 10.2 Å². The Labute approximate surface area is 181 Å². The van der Waals surface area contributed by atoms with E-state index in [1.165, 1.54) is 6.21 Å². The fourth-order valence-electron chi connectivity index (χ4n) is 3.32. The molecule has 0 saturated heterocycles. The Bertz CT molecular complexity index is 1060. The maximum atomic E-state index is 10.00. The molecule has 1 unspecified atom stereocenters. The summed E-state index contributed by atoms with van der Waals surface area (Å²) in [5.41, 5.74) is 2.32. The summed E-state index contributed by atoms with van der Waals surface area (Å²) in [5.74, 6) is 0. The van der Waals surface area contributed by atoms with Crippen LogP contribution in [0.5, 0.6) is 0 Å². The van der Waals surface area contributed by atoms with Crippen molar-refractivity contribution in [2.24, 2.45) is 0 Å². The molecule has 1 atom stereocenters. The fourth-order valence-corrected chi connectivity index (χ4v) is 3.32. The summed E-state index contributed by atoms with van der Waals surface area (Å²) in [4.78, 5) is 4.80. The predicted octanol–water partition coefficient (Wildman–Crippen LogP) is 2.67. The third-order valence-corrected chi connectivity index (χ3v) is 5.42. The molecule has 0 radical (unpaired) electrons. The average molecular weight is 426 g/mol. The summed E-state index contributed by atoms with van der Waals surface area (Å²) in [5, 5.41) is 39.6. The second kappa shape index (κ2) is 9.40. The molecule has 0 saturated carbocycles. The van der Waals surface area contributed by atoms with Gasteiger partial charge in [0.25, 0.3) is 0 Å². The summed E-state index contributed by atoms with van der Waals surface area (Å²) >= 11 is 0. The van der Waals surface area contributed by atoms with Crippen LogP contribution in [-0.4, -0.2) is 59.1 Å². The van der Waals surface area contributed by atoms with Gasteiger partial charge in [-0.1, -0.05) is 13.8 Å². The zero-order chi connectivity index (χ0) is 22.6. The first-order valence-electron chi connectivity index (χ1n) is 10.5. The number of fused-ring (bicyclic) bond motifs is 1. The van der Waals surface area contributed by atoms with Crippen LogP contribution >= 0.6 is 0 Å².